The Morgan fingerprint density at radius 3 is 2.78 bits per heavy atom. The molecule has 4 rings (SSSR count). The van der Waals surface area contributed by atoms with E-state index >= 15 is 0 Å². The molecule has 0 radical (unpaired) electrons. The first-order valence-electron chi connectivity index (χ1n) is 9.49. The van der Waals surface area contributed by atoms with E-state index in [1.807, 2.05) is 19.1 Å². The molecule has 27 heavy (non-hydrogen) atoms. The number of anilines is 1. The van der Waals surface area contributed by atoms with Crippen molar-refractivity contribution in [2.45, 2.75) is 25.9 Å². The van der Waals surface area contributed by atoms with Gasteiger partial charge in [0.05, 0.1) is 5.82 Å². The van der Waals surface area contributed by atoms with Gasteiger partial charge in [-0.05, 0) is 68.4 Å². The molecule has 0 amide bonds. The second kappa shape index (κ2) is 6.89. The third-order valence-electron chi connectivity index (χ3n) is 5.77. The first kappa shape index (κ1) is 17.9. The third-order valence-corrected chi connectivity index (χ3v) is 5.77. The number of likely N-dealkylation sites (N-methyl/N-ethyl adjacent to an activating group) is 1. The van der Waals surface area contributed by atoms with E-state index in [1.165, 1.54) is 6.07 Å². The Morgan fingerprint density at radius 1 is 1.26 bits per heavy atom. The van der Waals surface area contributed by atoms with Crippen LogP contribution in [0.3, 0.4) is 0 Å². The van der Waals surface area contributed by atoms with Gasteiger partial charge in [0.15, 0.2) is 0 Å². The Kier molecular flexibility index (Phi) is 4.56. The van der Waals surface area contributed by atoms with Crippen molar-refractivity contribution in [2.75, 3.05) is 32.1 Å². The highest BCUT2D eigenvalue weighted by Gasteiger charge is 2.27. The summed E-state index contributed by atoms with van der Waals surface area (Å²) in [6.07, 6.45) is 3.14. The molecule has 3 N–H and O–H groups in total. The van der Waals surface area contributed by atoms with E-state index in [0.717, 1.165) is 47.5 Å². The number of nitrogens with one attached hydrogen (secondary N) is 1. The first-order chi connectivity index (χ1) is 12.9. The highest BCUT2D eigenvalue weighted by atomic mass is 19.1. The molecular formula is C22H27FN4. The molecule has 0 aromatic heterocycles. The fourth-order valence-corrected chi connectivity index (χ4v) is 4.20. The number of aryl methyl sites for hydroxylation is 1. The van der Waals surface area contributed by atoms with Gasteiger partial charge in [-0.25, -0.2) is 4.39 Å². The standard InChI is InChI=1S/C22H27FN4/c1-14-5-4-6-19(23)22(14)15-9-16-12-25-21(24)11-18(16)20(10-15)27-8-7-17(13-27)26(2)3/h4-6,9-11,17,25H,7-8,12-13,24H2,1-3H3/t17-/m0/s1. The molecule has 0 spiro atoms. The molecule has 1 fully saturated rings. The summed E-state index contributed by atoms with van der Waals surface area (Å²) in [5.74, 6) is 0.509. The van der Waals surface area contributed by atoms with E-state index in [4.69, 9.17) is 5.73 Å². The van der Waals surface area contributed by atoms with Crippen LogP contribution >= 0.6 is 0 Å². The van der Waals surface area contributed by atoms with Crippen molar-refractivity contribution in [1.82, 2.24) is 10.2 Å². The van der Waals surface area contributed by atoms with E-state index in [9.17, 15) is 4.39 Å². The zero-order chi connectivity index (χ0) is 19.1. The van der Waals surface area contributed by atoms with Crippen LogP contribution in [0.5, 0.6) is 0 Å². The van der Waals surface area contributed by atoms with Crippen molar-refractivity contribution in [1.29, 1.82) is 0 Å². The molecule has 0 bridgehead atoms. The molecule has 5 heteroatoms. The topological polar surface area (TPSA) is 44.5 Å². The van der Waals surface area contributed by atoms with Crippen LogP contribution in [0.1, 0.15) is 23.1 Å². The lowest BCUT2D eigenvalue weighted by Crippen LogP contribution is -2.32. The third kappa shape index (κ3) is 3.28. The van der Waals surface area contributed by atoms with Crippen molar-refractivity contribution in [3.8, 4) is 11.1 Å². The van der Waals surface area contributed by atoms with Crippen molar-refractivity contribution in [3.05, 3.63) is 58.7 Å². The summed E-state index contributed by atoms with van der Waals surface area (Å²) in [6.45, 7) is 4.60. The second-order valence-corrected chi connectivity index (χ2v) is 7.81. The molecule has 1 saturated heterocycles. The van der Waals surface area contributed by atoms with Gasteiger partial charge in [0.1, 0.15) is 5.82 Å². The Bertz CT molecular complexity index is 883. The van der Waals surface area contributed by atoms with Gasteiger partial charge in [0, 0.05) is 42.5 Å². The molecule has 2 aliphatic heterocycles. The monoisotopic (exact) mass is 366 g/mol. The largest absolute Gasteiger partial charge is 0.386 e. The van der Waals surface area contributed by atoms with E-state index < -0.39 is 0 Å². The van der Waals surface area contributed by atoms with Gasteiger partial charge < -0.3 is 20.9 Å². The Hall–Kier alpha value is -2.53. The number of hydrogen-bond acceptors (Lipinski definition) is 4. The predicted molar refractivity (Wildman–Crippen MR) is 110 cm³/mol. The Balaban J connectivity index is 1.85. The van der Waals surface area contributed by atoms with Crippen LogP contribution < -0.4 is 16.0 Å². The van der Waals surface area contributed by atoms with Gasteiger partial charge in [0.2, 0.25) is 0 Å². The van der Waals surface area contributed by atoms with Crippen molar-refractivity contribution < 1.29 is 4.39 Å². The van der Waals surface area contributed by atoms with Crippen LogP contribution in [-0.4, -0.2) is 38.1 Å². The summed E-state index contributed by atoms with van der Waals surface area (Å²) in [5, 5.41) is 3.21. The molecule has 2 aromatic carbocycles. The summed E-state index contributed by atoms with van der Waals surface area (Å²) in [7, 11) is 4.26. The fraction of sp³-hybridized carbons (Fsp3) is 0.364. The van der Waals surface area contributed by atoms with Crippen LogP contribution in [0, 0.1) is 12.7 Å². The van der Waals surface area contributed by atoms with Gasteiger partial charge in [-0.3, -0.25) is 0 Å². The average molecular weight is 366 g/mol. The number of nitrogens with two attached hydrogens (primary N) is 1. The number of benzene rings is 2. The Morgan fingerprint density at radius 2 is 2.07 bits per heavy atom. The minimum Gasteiger partial charge on any atom is -0.386 e. The summed E-state index contributed by atoms with van der Waals surface area (Å²) in [5.41, 5.74) is 12.1. The van der Waals surface area contributed by atoms with Crippen LogP contribution in [-0.2, 0) is 6.54 Å². The molecule has 0 unspecified atom stereocenters. The van der Waals surface area contributed by atoms with Crippen LogP contribution in [0.15, 0.2) is 36.2 Å². The summed E-state index contributed by atoms with van der Waals surface area (Å²) in [4.78, 5) is 4.70. The highest BCUT2D eigenvalue weighted by molar-refractivity contribution is 5.81. The smallest absolute Gasteiger partial charge is 0.131 e. The van der Waals surface area contributed by atoms with Gasteiger partial charge in [-0.1, -0.05) is 12.1 Å². The number of halogens is 1. The normalized spacial score (nSPS) is 19.1. The molecule has 1 atom stereocenters. The molecule has 0 aliphatic carbocycles. The van der Waals surface area contributed by atoms with E-state index in [-0.39, 0.29) is 5.82 Å². The van der Waals surface area contributed by atoms with Crippen molar-refractivity contribution >= 4 is 11.8 Å². The fourth-order valence-electron chi connectivity index (χ4n) is 4.20. The maximum Gasteiger partial charge on any atom is 0.131 e. The molecule has 4 nitrogen and oxygen atoms in total. The Labute approximate surface area is 160 Å². The number of hydrogen-bond donors (Lipinski definition) is 2. The van der Waals surface area contributed by atoms with E-state index in [0.29, 0.717) is 24.0 Å². The van der Waals surface area contributed by atoms with Gasteiger partial charge in [-0.15, -0.1) is 0 Å². The summed E-state index contributed by atoms with van der Waals surface area (Å²) < 4.78 is 14.6. The number of rotatable bonds is 3. The van der Waals surface area contributed by atoms with E-state index in [1.54, 1.807) is 6.07 Å². The molecule has 2 aromatic rings. The second-order valence-electron chi connectivity index (χ2n) is 7.81. The van der Waals surface area contributed by atoms with Crippen LogP contribution in [0.25, 0.3) is 17.2 Å². The molecular weight excluding hydrogens is 339 g/mol. The summed E-state index contributed by atoms with van der Waals surface area (Å²) >= 11 is 0. The van der Waals surface area contributed by atoms with Gasteiger partial charge in [-0.2, -0.15) is 0 Å². The molecule has 2 aliphatic rings. The lowest BCUT2D eigenvalue weighted by atomic mass is 9.92. The summed E-state index contributed by atoms with van der Waals surface area (Å²) in [6, 6.07) is 10.0. The lowest BCUT2D eigenvalue weighted by molar-refractivity contribution is 0.315. The maximum absolute atomic E-state index is 14.6. The minimum absolute atomic E-state index is 0.174. The van der Waals surface area contributed by atoms with Crippen molar-refractivity contribution in [3.63, 3.8) is 0 Å². The van der Waals surface area contributed by atoms with Crippen LogP contribution in [0.4, 0.5) is 10.1 Å². The minimum atomic E-state index is -0.174. The number of fused-ring (bicyclic) bond motifs is 1. The molecule has 142 valence electrons. The zero-order valence-electron chi connectivity index (χ0n) is 16.2. The number of nitrogens with zero attached hydrogens (tertiary/aromatic N) is 2. The maximum atomic E-state index is 14.6. The average Bonchev–Trinajstić information content (AvgIpc) is 3.11. The zero-order valence-corrected chi connectivity index (χ0v) is 16.2. The molecule has 0 saturated carbocycles. The van der Waals surface area contributed by atoms with Gasteiger partial charge in [0.25, 0.3) is 0 Å². The SMILES string of the molecule is Cc1cccc(F)c1-c1cc2c(c(N3CC[C@H](N(C)C)C3)c1)C=C(N)NC2. The van der Waals surface area contributed by atoms with Crippen LogP contribution in [0.2, 0.25) is 0 Å². The quantitative estimate of drug-likeness (QED) is 0.875. The lowest BCUT2D eigenvalue weighted by Gasteiger charge is -2.28. The van der Waals surface area contributed by atoms with Crippen molar-refractivity contribution in [2.24, 2.45) is 5.73 Å². The predicted octanol–water partition coefficient (Wildman–Crippen LogP) is 3.30. The highest BCUT2D eigenvalue weighted by Crippen LogP contribution is 2.37. The van der Waals surface area contributed by atoms with E-state index in [2.05, 4.69) is 41.3 Å². The van der Waals surface area contributed by atoms with Gasteiger partial charge >= 0.3 is 0 Å². The first-order valence-corrected chi connectivity index (χ1v) is 9.49. The molecule has 2 heterocycles.